The van der Waals surface area contributed by atoms with Gasteiger partial charge in [0, 0.05) is 30.2 Å². The van der Waals surface area contributed by atoms with Gasteiger partial charge in [-0.25, -0.2) is 22.0 Å². The van der Waals surface area contributed by atoms with E-state index in [9.17, 15) is 37.6 Å². The number of amides is 3. The van der Waals surface area contributed by atoms with Gasteiger partial charge in [0.15, 0.2) is 15.4 Å². The Morgan fingerprint density at radius 1 is 1.22 bits per heavy atom. The van der Waals surface area contributed by atoms with E-state index in [1.165, 1.54) is 6.20 Å². The van der Waals surface area contributed by atoms with Crippen molar-refractivity contribution >= 4 is 55.3 Å². The average molecular weight is 673 g/mol. The molecule has 3 fully saturated rings. The summed E-state index contributed by atoms with van der Waals surface area (Å²) in [5, 5.41) is 20.1. The minimum Gasteiger partial charge on any atom is -0.465 e. The van der Waals surface area contributed by atoms with Crippen LogP contribution < -0.4 is 5.32 Å². The monoisotopic (exact) mass is 671 g/mol. The second kappa shape index (κ2) is 10.2. The Hall–Kier alpha value is -3.35. The molecule has 0 radical (unpaired) electrons. The fraction of sp³-hybridized carbons (Fsp3) is 0.400. The van der Waals surface area contributed by atoms with Crippen molar-refractivity contribution in [3.8, 4) is 6.07 Å². The zero-order valence-corrected chi connectivity index (χ0v) is 24.1. The molecule has 2 N–H and O–H groups in total. The van der Waals surface area contributed by atoms with E-state index < -0.39 is 90.3 Å². The number of hydrogen-bond donors (Lipinski definition) is 2. The molecule has 41 heavy (non-hydrogen) atoms. The summed E-state index contributed by atoms with van der Waals surface area (Å²) < 4.78 is 56.3. The first-order valence-electron chi connectivity index (χ1n) is 12.3. The van der Waals surface area contributed by atoms with Gasteiger partial charge in [-0.2, -0.15) is 5.26 Å². The van der Waals surface area contributed by atoms with Gasteiger partial charge in [0.25, 0.3) is 5.91 Å². The number of likely N-dealkylation sites (tertiary alicyclic amines) is 2. The molecule has 0 bridgehead atoms. The predicted octanol–water partition coefficient (Wildman–Crippen LogP) is 2.97. The first-order chi connectivity index (χ1) is 19.3. The van der Waals surface area contributed by atoms with Crippen LogP contribution in [0.5, 0.6) is 0 Å². The lowest BCUT2D eigenvalue weighted by Gasteiger charge is -2.50. The fourth-order valence-electron chi connectivity index (χ4n) is 5.32. The van der Waals surface area contributed by atoms with E-state index in [-0.39, 0.29) is 17.4 Å². The van der Waals surface area contributed by atoms with Crippen molar-refractivity contribution in [2.75, 3.05) is 13.1 Å². The summed E-state index contributed by atoms with van der Waals surface area (Å²) in [5.74, 6) is -3.61. The van der Waals surface area contributed by atoms with Crippen LogP contribution in [0.1, 0.15) is 31.4 Å². The normalized spacial score (nSPS) is 24.8. The van der Waals surface area contributed by atoms with E-state index in [0.717, 1.165) is 29.2 Å². The molecule has 216 valence electrons. The Morgan fingerprint density at radius 3 is 2.46 bits per heavy atom. The summed E-state index contributed by atoms with van der Waals surface area (Å²) in [6.45, 7) is -0.729. The van der Waals surface area contributed by atoms with E-state index in [2.05, 4.69) is 26.2 Å². The minimum atomic E-state index is -4.36. The molecule has 1 aromatic carbocycles. The molecule has 0 spiro atoms. The summed E-state index contributed by atoms with van der Waals surface area (Å²) in [6.07, 6.45) is -0.265. The van der Waals surface area contributed by atoms with Gasteiger partial charge in [-0.1, -0.05) is 11.6 Å². The Kier molecular flexibility index (Phi) is 7.24. The third-order valence-electron chi connectivity index (χ3n) is 7.73. The lowest BCUT2D eigenvalue weighted by Crippen LogP contribution is -2.68. The summed E-state index contributed by atoms with van der Waals surface area (Å²) >= 11 is 9.11. The van der Waals surface area contributed by atoms with Crippen molar-refractivity contribution < 1.29 is 36.7 Å². The number of halogens is 4. The Bertz CT molecular complexity index is 1630. The number of sulfone groups is 1. The second-order valence-corrected chi connectivity index (χ2v) is 13.7. The number of benzene rings is 1. The zero-order chi connectivity index (χ0) is 29.9. The summed E-state index contributed by atoms with van der Waals surface area (Å²) in [7, 11) is -4.36. The standard InChI is InChI=1S/C25H21BrClF2N5O6S/c26-13-7-17(29)20(31-10-13)25(5-6-34(25)23(37)38)22(36)33-11-15(9-18(33)21(35)32-24(12-30)3-4-24)41(39,40)19-2-1-14(28)8-16(19)27/h1-2,7-8,10,15,18H,3-6,9,11H2,(H,32,35)(H,37,38)/t15-,18+,25?/m1/s1. The molecular weight excluding hydrogens is 652 g/mol. The van der Waals surface area contributed by atoms with Crippen LogP contribution in [-0.4, -0.2) is 76.1 Å². The zero-order valence-electron chi connectivity index (χ0n) is 21.0. The number of nitrogens with one attached hydrogen (secondary N) is 1. The number of pyridine rings is 1. The highest BCUT2D eigenvalue weighted by Crippen LogP contribution is 2.45. The molecule has 1 saturated carbocycles. The predicted molar refractivity (Wildman–Crippen MR) is 141 cm³/mol. The van der Waals surface area contributed by atoms with Crippen LogP contribution in [0, 0.1) is 23.0 Å². The highest BCUT2D eigenvalue weighted by Gasteiger charge is 2.62. The molecule has 1 unspecified atom stereocenters. The molecule has 1 aliphatic carbocycles. The lowest BCUT2D eigenvalue weighted by atomic mass is 9.79. The maximum absolute atomic E-state index is 15.2. The Labute approximate surface area is 246 Å². The SMILES string of the molecule is N#CC1(NC(=O)[C@@H]2C[C@@H](S(=O)(=O)c3ccc(F)cc3Cl)CN2C(=O)C2(c3ncc(Br)cc3F)CCN2C(=O)O)CC1. The van der Waals surface area contributed by atoms with Gasteiger partial charge in [0.2, 0.25) is 5.91 Å². The van der Waals surface area contributed by atoms with E-state index in [0.29, 0.717) is 17.7 Å². The third-order valence-corrected chi connectivity index (χ3v) is 10.8. The van der Waals surface area contributed by atoms with Crippen LogP contribution in [0.2, 0.25) is 5.02 Å². The smallest absolute Gasteiger partial charge is 0.408 e. The van der Waals surface area contributed by atoms with Crippen LogP contribution in [0.25, 0.3) is 0 Å². The maximum Gasteiger partial charge on any atom is 0.408 e. The van der Waals surface area contributed by atoms with Crippen LogP contribution >= 0.6 is 27.5 Å². The van der Waals surface area contributed by atoms with Crippen LogP contribution in [-0.2, 0) is 25.0 Å². The summed E-state index contributed by atoms with van der Waals surface area (Å²) in [5.41, 5.74) is -3.83. The van der Waals surface area contributed by atoms with Crippen molar-refractivity contribution in [2.24, 2.45) is 0 Å². The number of rotatable bonds is 6. The maximum atomic E-state index is 15.2. The molecule has 5 rings (SSSR count). The van der Waals surface area contributed by atoms with Gasteiger partial charge in [-0.05, 0) is 59.5 Å². The lowest BCUT2D eigenvalue weighted by molar-refractivity contribution is -0.156. The molecule has 2 saturated heterocycles. The van der Waals surface area contributed by atoms with Crippen molar-refractivity contribution in [1.82, 2.24) is 20.1 Å². The van der Waals surface area contributed by atoms with E-state index in [4.69, 9.17) is 11.6 Å². The van der Waals surface area contributed by atoms with Gasteiger partial charge in [0.05, 0.1) is 21.2 Å². The molecule has 16 heteroatoms. The van der Waals surface area contributed by atoms with Crippen LogP contribution in [0.4, 0.5) is 13.6 Å². The fourth-order valence-corrected chi connectivity index (χ4v) is 7.86. The van der Waals surface area contributed by atoms with Crippen LogP contribution in [0.3, 0.4) is 0 Å². The molecule has 11 nitrogen and oxygen atoms in total. The molecule has 3 aliphatic rings. The number of carbonyl (C=O) groups is 3. The number of hydrogen-bond acceptors (Lipinski definition) is 7. The number of nitriles is 1. The minimum absolute atomic E-state index is 0.145. The third kappa shape index (κ3) is 4.81. The Balaban J connectivity index is 1.58. The van der Waals surface area contributed by atoms with Crippen molar-refractivity contribution in [1.29, 1.82) is 5.26 Å². The number of carbonyl (C=O) groups excluding carboxylic acids is 2. The van der Waals surface area contributed by atoms with Crippen molar-refractivity contribution in [2.45, 2.75) is 52.9 Å². The number of aromatic nitrogens is 1. The first-order valence-corrected chi connectivity index (χ1v) is 15.0. The summed E-state index contributed by atoms with van der Waals surface area (Å²) in [6, 6.07) is 4.23. The molecule has 3 amide bonds. The topological polar surface area (TPSA) is 161 Å². The second-order valence-electron chi connectivity index (χ2n) is 10.2. The molecule has 3 atom stereocenters. The number of carboxylic acid groups (broad SMARTS) is 1. The highest BCUT2D eigenvalue weighted by atomic mass is 79.9. The molecular formula is C25H21BrClF2N5O6S. The summed E-state index contributed by atoms with van der Waals surface area (Å²) in [4.78, 5) is 45.0. The quantitative estimate of drug-likeness (QED) is 0.443. The molecule has 2 aromatic rings. The van der Waals surface area contributed by atoms with E-state index in [1.54, 1.807) is 0 Å². The van der Waals surface area contributed by atoms with Crippen LogP contribution in [0.15, 0.2) is 39.8 Å². The van der Waals surface area contributed by atoms with Gasteiger partial charge < -0.3 is 15.3 Å². The van der Waals surface area contributed by atoms with Gasteiger partial charge in [0.1, 0.15) is 28.9 Å². The number of nitrogens with zero attached hydrogens (tertiary/aromatic N) is 4. The van der Waals surface area contributed by atoms with Crippen molar-refractivity contribution in [3.63, 3.8) is 0 Å². The van der Waals surface area contributed by atoms with Gasteiger partial charge in [-0.15, -0.1) is 0 Å². The largest absolute Gasteiger partial charge is 0.465 e. The van der Waals surface area contributed by atoms with Gasteiger partial charge >= 0.3 is 6.09 Å². The first kappa shape index (κ1) is 29.2. The van der Waals surface area contributed by atoms with E-state index >= 15 is 4.39 Å². The molecule has 3 heterocycles. The van der Waals surface area contributed by atoms with Crippen molar-refractivity contribution in [3.05, 3.63) is 57.3 Å². The van der Waals surface area contributed by atoms with Gasteiger partial charge in [-0.3, -0.25) is 19.5 Å². The molecule has 1 aromatic heterocycles. The highest BCUT2D eigenvalue weighted by molar-refractivity contribution is 9.10. The van der Waals surface area contributed by atoms with E-state index in [1.807, 2.05) is 6.07 Å². The average Bonchev–Trinajstić information content (AvgIpc) is 3.48. The molecule has 2 aliphatic heterocycles. The Morgan fingerprint density at radius 2 is 1.93 bits per heavy atom.